The smallest absolute Gasteiger partial charge is 0.245 e. The Bertz CT molecular complexity index is 1230. The first-order valence-corrected chi connectivity index (χ1v) is 11.1. The van der Waals surface area contributed by atoms with E-state index in [0.717, 1.165) is 46.2 Å². The van der Waals surface area contributed by atoms with Crippen molar-refractivity contribution in [1.82, 2.24) is 25.2 Å². The van der Waals surface area contributed by atoms with Gasteiger partial charge in [0.1, 0.15) is 11.9 Å². The lowest BCUT2D eigenvalue weighted by molar-refractivity contribution is -0.137. The van der Waals surface area contributed by atoms with Gasteiger partial charge in [-0.25, -0.2) is 4.98 Å². The van der Waals surface area contributed by atoms with Crippen LogP contribution in [0.25, 0.3) is 21.9 Å². The molecule has 0 saturated carbocycles. The zero-order chi connectivity index (χ0) is 22.1. The SMILES string of the molecule is CC(=O)NC(Cc1c[nH]c2ccccc12)C(=O)N1CCC(c2nc3ccccc3[nH]2)CC1. The number of hydrogen-bond donors (Lipinski definition) is 3. The summed E-state index contributed by atoms with van der Waals surface area (Å²) in [7, 11) is 0. The second kappa shape index (κ2) is 8.49. The molecule has 1 unspecified atom stereocenters. The van der Waals surface area contributed by atoms with Crippen molar-refractivity contribution in [3.8, 4) is 0 Å². The number of nitrogens with one attached hydrogen (secondary N) is 3. The summed E-state index contributed by atoms with van der Waals surface area (Å²) in [5.41, 5.74) is 4.09. The lowest BCUT2D eigenvalue weighted by atomic mass is 9.95. The van der Waals surface area contributed by atoms with Crippen molar-refractivity contribution in [1.29, 1.82) is 0 Å². The number of fused-ring (bicyclic) bond motifs is 2. The Morgan fingerprint density at radius 1 is 1.09 bits per heavy atom. The Balaban J connectivity index is 1.28. The lowest BCUT2D eigenvalue weighted by Gasteiger charge is -2.33. The van der Waals surface area contributed by atoms with E-state index in [2.05, 4.69) is 15.3 Å². The van der Waals surface area contributed by atoms with Crippen molar-refractivity contribution in [2.75, 3.05) is 13.1 Å². The fourth-order valence-electron chi connectivity index (χ4n) is 4.73. The minimum Gasteiger partial charge on any atom is -0.361 e. The third-order valence-electron chi connectivity index (χ3n) is 6.38. The van der Waals surface area contributed by atoms with Gasteiger partial charge in [0.2, 0.25) is 11.8 Å². The second-order valence-electron chi connectivity index (χ2n) is 8.56. The number of aromatic nitrogens is 3. The van der Waals surface area contributed by atoms with Crippen molar-refractivity contribution < 1.29 is 9.59 Å². The number of aromatic amines is 2. The Morgan fingerprint density at radius 3 is 2.56 bits per heavy atom. The third kappa shape index (κ3) is 3.98. The Kier molecular flexibility index (Phi) is 5.39. The van der Waals surface area contributed by atoms with Crippen molar-refractivity contribution in [3.63, 3.8) is 0 Å². The monoisotopic (exact) mass is 429 g/mol. The van der Waals surface area contributed by atoms with E-state index in [1.54, 1.807) is 0 Å². The summed E-state index contributed by atoms with van der Waals surface area (Å²) in [6.07, 6.45) is 4.10. The molecule has 1 fully saturated rings. The Labute approximate surface area is 186 Å². The summed E-state index contributed by atoms with van der Waals surface area (Å²) in [6.45, 7) is 2.78. The van der Waals surface area contributed by atoms with Crippen LogP contribution in [0.1, 0.15) is 37.1 Å². The quantitative estimate of drug-likeness (QED) is 0.453. The standard InChI is InChI=1S/C25H27N5O2/c1-16(31)27-23(14-18-15-26-20-7-3-2-6-19(18)20)25(32)30-12-10-17(11-13-30)24-28-21-8-4-5-9-22(21)29-24/h2-9,15,17,23,26H,10-14H2,1H3,(H,27,31)(H,28,29). The summed E-state index contributed by atoms with van der Waals surface area (Å²) in [6, 6.07) is 15.5. The summed E-state index contributed by atoms with van der Waals surface area (Å²) in [4.78, 5) is 38.5. The lowest BCUT2D eigenvalue weighted by Crippen LogP contribution is -2.51. The van der Waals surface area contributed by atoms with Gasteiger partial charge in [0.25, 0.3) is 0 Å². The molecular weight excluding hydrogens is 402 g/mol. The van der Waals surface area contributed by atoms with Crippen molar-refractivity contribution in [2.45, 2.75) is 38.1 Å². The van der Waals surface area contributed by atoms with E-state index in [-0.39, 0.29) is 11.8 Å². The van der Waals surface area contributed by atoms with Gasteiger partial charge in [-0.05, 0) is 36.6 Å². The van der Waals surface area contributed by atoms with E-state index >= 15 is 0 Å². The predicted octanol–water partition coefficient (Wildman–Crippen LogP) is 3.50. The second-order valence-corrected chi connectivity index (χ2v) is 8.56. The number of hydrogen-bond acceptors (Lipinski definition) is 3. The van der Waals surface area contributed by atoms with Crippen LogP contribution in [-0.4, -0.2) is 50.8 Å². The van der Waals surface area contributed by atoms with Gasteiger partial charge in [-0.3, -0.25) is 9.59 Å². The van der Waals surface area contributed by atoms with Crippen molar-refractivity contribution >= 4 is 33.8 Å². The molecule has 4 aromatic rings. The van der Waals surface area contributed by atoms with Gasteiger partial charge in [0, 0.05) is 49.5 Å². The number of nitrogens with zero attached hydrogens (tertiary/aromatic N) is 2. The topological polar surface area (TPSA) is 93.9 Å². The average molecular weight is 430 g/mol. The van der Waals surface area contributed by atoms with Crippen LogP contribution in [0.4, 0.5) is 0 Å². The van der Waals surface area contributed by atoms with Gasteiger partial charge in [-0.1, -0.05) is 30.3 Å². The van der Waals surface area contributed by atoms with Crippen LogP contribution in [0.3, 0.4) is 0 Å². The highest BCUT2D eigenvalue weighted by Crippen LogP contribution is 2.28. The molecule has 3 heterocycles. The molecular formula is C25H27N5O2. The predicted molar refractivity (Wildman–Crippen MR) is 124 cm³/mol. The summed E-state index contributed by atoms with van der Waals surface area (Å²) in [5.74, 6) is 1.09. The van der Waals surface area contributed by atoms with Crippen LogP contribution in [0.5, 0.6) is 0 Å². The van der Waals surface area contributed by atoms with Crippen molar-refractivity contribution in [3.05, 3.63) is 66.1 Å². The first-order chi connectivity index (χ1) is 15.6. The van der Waals surface area contributed by atoms with E-state index in [0.29, 0.717) is 25.4 Å². The zero-order valence-corrected chi connectivity index (χ0v) is 18.1. The maximum absolute atomic E-state index is 13.4. The summed E-state index contributed by atoms with van der Waals surface area (Å²) < 4.78 is 0. The molecule has 0 aliphatic carbocycles. The normalized spacial score (nSPS) is 15.8. The molecule has 0 bridgehead atoms. The minimum absolute atomic E-state index is 0.0199. The number of rotatable bonds is 5. The van der Waals surface area contributed by atoms with Crippen LogP contribution in [0.15, 0.2) is 54.7 Å². The molecule has 3 N–H and O–H groups in total. The molecule has 2 amide bonds. The molecule has 32 heavy (non-hydrogen) atoms. The molecule has 2 aromatic heterocycles. The fraction of sp³-hybridized carbons (Fsp3) is 0.320. The van der Waals surface area contributed by atoms with Gasteiger partial charge in [-0.2, -0.15) is 0 Å². The van der Waals surface area contributed by atoms with Gasteiger partial charge < -0.3 is 20.2 Å². The number of benzene rings is 2. The summed E-state index contributed by atoms with van der Waals surface area (Å²) >= 11 is 0. The zero-order valence-electron chi connectivity index (χ0n) is 18.1. The van der Waals surface area contributed by atoms with E-state index in [1.807, 2.05) is 59.6 Å². The number of carbonyl (C=O) groups is 2. The molecule has 0 spiro atoms. The molecule has 1 saturated heterocycles. The van der Waals surface area contributed by atoms with Crippen LogP contribution in [0, 0.1) is 0 Å². The van der Waals surface area contributed by atoms with E-state index in [4.69, 9.17) is 4.98 Å². The highest BCUT2D eigenvalue weighted by Gasteiger charge is 2.31. The Morgan fingerprint density at radius 2 is 1.81 bits per heavy atom. The molecule has 7 heteroatoms. The number of amides is 2. The number of piperidine rings is 1. The molecule has 5 rings (SSSR count). The highest BCUT2D eigenvalue weighted by molar-refractivity contribution is 5.89. The number of H-pyrrole nitrogens is 2. The Hall–Kier alpha value is -3.61. The van der Waals surface area contributed by atoms with Gasteiger partial charge >= 0.3 is 0 Å². The highest BCUT2D eigenvalue weighted by atomic mass is 16.2. The number of para-hydroxylation sites is 3. The minimum atomic E-state index is -0.575. The van der Waals surface area contributed by atoms with E-state index < -0.39 is 6.04 Å². The van der Waals surface area contributed by atoms with Gasteiger partial charge in [-0.15, -0.1) is 0 Å². The number of imidazole rings is 1. The maximum atomic E-state index is 13.4. The average Bonchev–Trinajstić information content (AvgIpc) is 3.42. The molecule has 0 radical (unpaired) electrons. The molecule has 1 aliphatic heterocycles. The first kappa shape index (κ1) is 20.3. The molecule has 7 nitrogen and oxygen atoms in total. The molecule has 164 valence electrons. The number of carbonyl (C=O) groups excluding carboxylic acids is 2. The van der Waals surface area contributed by atoms with Crippen LogP contribution < -0.4 is 5.32 Å². The van der Waals surface area contributed by atoms with Crippen molar-refractivity contribution in [2.24, 2.45) is 0 Å². The van der Waals surface area contributed by atoms with E-state index in [9.17, 15) is 9.59 Å². The summed E-state index contributed by atoms with van der Waals surface area (Å²) in [5, 5.41) is 3.96. The largest absolute Gasteiger partial charge is 0.361 e. The van der Waals surface area contributed by atoms with Crippen LogP contribution in [-0.2, 0) is 16.0 Å². The van der Waals surface area contributed by atoms with Crippen LogP contribution >= 0.6 is 0 Å². The molecule has 2 aromatic carbocycles. The van der Waals surface area contributed by atoms with Gasteiger partial charge in [0.15, 0.2) is 0 Å². The molecule has 1 atom stereocenters. The molecule has 1 aliphatic rings. The van der Waals surface area contributed by atoms with E-state index in [1.165, 1.54) is 6.92 Å². The van der Waals surface area contributed by atoms with Gasteiger partial charge in [0.05, 0.1) is 11.0 Å². The van der Waals surface area contributed by atoms with Crippen LogP contribution in [0.2, 0.25) is 0 Å². The third-order valence-corrected chi connectivity index (χ3v) is 6.38. The maximum Gasteiger partial charge on any atom is 0.245 e. The number of likely N-dealkylation sites (tertiary alicyclic amines) is 1. The first-order valence-electron chi connectivity index (χ1n) is 11.1. The fourth-order valence-corrected chi connectivity index (χ4v) is 4.73.